The number of carbonyl (C=O) groups is 1. The molecule has 0 amide bonds. The molecule has 5 rings (SSSR count). The first-order valence-electron chi connectivity index (χ1n) is 10.1. The molecule has 1 aliphatic rings. The van der Waals surface area contributed by atoms with Crippen LogP contribution in [0.2, 0.25) is 0 Å². The average molecular weight is 416 g/mol. The molecule has 1 atom stereocenters. The smallest absolute Gasteiger partial charge is 0.338 e. The summed E-state index contributed by atoms with van der Waals surface area (Å²) >= 11 is 0. The zero-order valence-corrected chi connectivity index (χ0v) is 17.2. The summed E-state index contributed by atoms with van der Waals surface area (Å²) in [6.45, 7) is 4.35. The predicted molar refractivity (Wildman–Crippen MR) is 113 cm³/mol. The molecule has 156 valence electrons. The van der Waals surface area contributed by atoms with Crippen LogP contribution in [0, 0.1) is 6.92 Å². The molecule has 0 aliphatic carbocycles. The number of aryl methyl sites for hydroxylation is 2. The van der Waals surface area contributed by atoms with Gasteiger partial charge in [0.2, 0.25) is 5.89 Å². The number of ether oxygens (including phenoxy) is 1. The summed E-state index contributed by atoms with van der Waals surface area (Å²) in [7, 11) is 0. The molecule has 0 saturated heterocycles. The van der Waals surface area contributed by atoms with E-state index in [4.69, 9.17) is 9.15 Å². The van der Waals surface area contributed by atoms with E-state index in [-0.39, 0.29) is 11.4 Å². The minimum atomic E-state index is -0.728. The Bertz CT molecular complexity index is 1350. The Morgan fingerprint density at radius 3 is 2.77 bits per heavy atom. The molecule has 4 aromatic rings. The van der Waals surface area contributed by atoms with Crippen LogP contribution < -0.4 is 5.56 Å². The molecule has 0 saturated carbocycles. The van der Waals surface area contributed by atoms with E-state index in [1.54, 1.807) is 29.7 Å². The molecule has 8 nitrogen and oxygen atoms in total. The van der Waals surface area contributed by atoms with Crippen LogP contribution in [0.15, 0.2) is 51.7 Å². The van der Waals surface area contributed by atoms with Gasteiger partial charge in [0.25, 0.3) is 11.4 Å². The van der Waals surface area contributed by atoms with Gasteiger partial charge in [0, 0.05) is 18.5 Å². The molecule has 0 bridgehead atoms. The minimum Gasteiger partial charge on any atom is -0.449 e. The number of aromatic nitrogens is 4. The van der Waals surface area contributed by atoms with Crippen molar-refractivity contribution in [3.05, 3.63) is 75.7 Å². The third kappa shape index (κ3) is 3.50. The van der Waals surface area contributed by atoms with Crippen LogP contribution in [0.5, 0.6) is 0 Å². The Balaban J connectivity index is 1.36. The summed E-state index contributed by atoms with van der Waals surface area (Å²) in [5, 5.41) is 8.55. The van der Waals surface area contributed by atoms with E-state index < -0.39 is 12.1 Å². The number of hydrogen-bond donors (Lipinski definition) is 0. The molecule has 0 spiro atoms. The Kier molecular flexibility index (Phi) is 4.62. The van der Waals surface area contributed by atoms with E-state index in [0.717, 1.165) is 29.8 Å². The Morgan fingerprint density at radius 2 is 1.97 bits per heavy atom. The van der Waals surface area contributed by atoms with Gasteiger partial charge in [-0.05, 0) is 50.6 Å². The van der Waals surface area contributed by atoms with E-state index in [9.17, 15) is 9.59 Å². The standard InChI is InChI=1S/C23H20N4O4/c1-13-5-7-15(8-6-13)21-26-25-20(31-21)14(2)30-23(29)16-9-10-17-18(12-16)24-19-4-3-11-27(19)22(17)28/h5-10,12,14H,3-4,11H2,1-2H3/t14-/m0/s1. The summed E-state index contributed by atoms with van der Waals surface area (Å²) in [6.07, 6.45) is 0.936. The summed E-state index contributed by atoms with van der Waals surface area (Å²) in [4.78, 5) is 29.8. The monoisotopic (exact) mass is 416 g/mol. The van der Waals surface area contributed by atoms with Crippen molar-refractivity contribution in [2.45, 2.75) is 39.3 Å². The van der Waals surface area contributed by atoms with Gasteiger partial charge >= 0.3 is 5.97 Å². The molecular weight excluding hydrogens is 396 g/mol. The normalized spacial score (nSPS) is 13.9. The predicted octanol–water partition coefficient (Wildman–Crippen LogP) is 3.62. The van der Waals surface area contributed by atoms with Crippen LogP contribution in [0.1, 0.15) is 47.1 Å². The lowest BCUT2D eigenvalue weighted by Crippen LogP contribution is -2.21. The minimum absolute atomic E-state index is 0.0692. The van der Waals surface area contributed by atoms with Gasteiger partial charge in [-0.3, -0.25) is 9.36 Å². The largest absolute Gasteiger partial charge is 0.449 e. The zero-order valence-electron chi connectivity index (χ0n) is 17.2. The number of benzene rings is 2. The van der Waals surface area contributed by atoms with Crippen molar-refractivity contribution in [2.24, 2.45) is 0 Å². The third-order valence-electron chi connectivity index (χ3n) is 5.42. The van der Waals surface area contributed by atoms with Crippen molar-refractivity contribution in [1.82, 2.24) is 19.7 Å². The number of carbonyl (C=O) groups excluding carboxylic acids is 1. The van der Waals surface area contributed by atoms with Crippen molar-refractivity contribution in [2.75, 3.05) is 0 Å². The van der Waals surface area contributed by atoms with Gasteiger partial charge in [-0.15, -0.1) is 10.2 Å². The molecule has 8 heteroatoms. The second kappa shape index (κ2) is 7.46. The number of esters is 1. The van der Waals surface area contributed by atoms with Gasteiger partial charge in [-0.1, -0.05) is 17.7 Å². The number of rotatable bonds is 4. The molecule has 2 aromatic heterocycles. The fraction of sp³-hybridized carbons (Fsp3) is 0.261. The lowest BCUT2D eigenvalue weighted by Gasteiger charge is -2.10. The number of nitrogens with zero attached hydrogens (tertiary/aromatic N) is 4. The molecule has 0 N–H and O–H groups in total. The van der Waals surface area contributed by atoms with Crippen LogP contribution >= 0.6 is 0 Å². The van der Waals surface area contributed by atoms with Crippen LogP contribution in [0.25, 0.3) is 22.4 Å². The molecule has 3 heterocycles. The van der Waals surface area contributed by atoms with Crippen molar-refractivity contribution in [3.8, 4) is 11.5 Å². The summed E-state index contributed by atoms with van der Waals surface area (Å²) in [6, 6.07) is 12.5. The Labute approximate surface area is 177 Å². The molecule has 2 aromatic carbocycles. The fourth-order valence-electron chi connectivity index (χ4n) is 3.70. The topological polar surface area (TPSA) is 100 Å². The van der Waals surface area contributed by atoms with Gasteiger partial charge in [0.1, 0.15) is 5.82 Å². The highest BCUT2D eigenvalue weighted by molar-refractivity contribution is 5.94. The first-order chi connectivity index (χ1) is 15.0. The van der Waals surface area contributed by atoms with Gasteiger partial charge < -0.3 is 9.15 Å². The molecule has 0 fully saturated rings. The highest BCUT2D eigenvalue weighted by Crippen LogP contribution is 2.24. The fourth-order valence-corrected chi connectivity index (χ4v) is 3.70. The zero-order chi connectivity index (χ0) is 21.5. The molecule has 1 aliphatic heterocycles. The summed E-state index contributed by atoms with van der Waals surface area (Å²) in [5.41, 5.74) is 2.66. The van der Waals surface area contributed by atoms with Crippen LogP contribution in [0.4, 0.5) is 0 Å². The SMILES string of the molecule is Cc1ccc(-c2nnc([C@H](C)OC(=O)c3ccc4c(=O)n5c(nc4c3)CCC5)o2)cc1. The van der Waals surface area contributed by atoms with Crippen molar-refractivity contribution >= 4 is 16.9 Å². The molecule has 0 radical (unpaired) electrons. The second-order valence-electron chi connectivity index (χ2n) is 7.68. The maximum atomic E-state index is 12.7. The first-order valence-corrected chi connectivity index (χ1v) is 10.1. The average Bonchev–Trinajstić information content (AvgIpc) is 3.44. The second-order valence-corrected chi connectivity index (χ2v) is 7.68. The molecular formula is C23H20N4O4. The van der Waals surface area contributed by atoms with E-state index in [1.165, 1.54) is 0 Å². The third-order valence-corrected chi connectivity index (χ3v) is 5.42. The maximum absolute atomic E-state index is 12.7. The Morgan fingerprint density at radius 1 is 1.16 bits per heavy atom. The van der Waals surface area contributed by atoms with Crippen molar-refractivity contribution < 1.29 is 13.9 Å². The van der Waals surface area contributed by atoms with Gasteiger partial charge in [-0.2, -0.15) is 0 Å². The Hall–Kier alpha value is -3.81. The van der Waals surface area contributed by atoms with Crippen molar-refractivity contribution in [3.63, 3.8) is 0 Å². The maximum Gasteiger partial charge on any atom is 0.338 e. The quantitative estimate of drug-likeness (QED) is 0.468. The van der Waals surface area contributed by atoms with Crippen LogP contribution in [-0.4, -0.2) is 25.7 Å². The van der Waals surface area contributed by atoms with E-state index in [0.29, 0.717) is 28.9 Å². The first kappa shape index (κ1) is 19.2. The lowest BCUT2D eigenvalue weighted by atomic mass is 10.1. The van der Waals surface area contributed by atoms with E-state index in [2.05, 4.69) is 15.2 Å². The van der Waals surface area contributed by atoms with Crippen LogP contribution in [-0.2, 0) is 17.7 Å². The van der Waals surface area contributed by atoms with E-state index in [1.807, 2.05) is 31.2 Å². The highest BCUT2D eigenvalue weighted by atomic mass is 16.6. The van der Waals surface area contributed by atoms with Crippen LogP contribution in [0.3, 0.4) is 0 Å². The van der Waals surface area contributed by atoms with Gasteiger partial charge in [0.15, 0.2) is 6.10 Å². The van der Waals surface area contributed by atoms with E-state index >= 15 is 0 Å². The van der Waals surface area contributed by atoms with Crippen molar-refractivity contribution in [1.29, 1.82) is 0 Å². The molecule has 31 heavy (non-hydrogen) atoms. The molecule has 0 unspecified atom stereocenters. The highest BCUT2D eigenvalue weighted by Gasteiger charge is 2.21. The number of fused-ring (bicyclic) bond motifs is 2. The summed E-state index contributed by atoms with van der Waals surface area (Å²) in [5.74, 6) is 0.777. The van der Waals surface area contributed by atoms with Gasteiger partial charge in [0.05, 0.1) is 16.5 Å². The summed E-state index contributed by atoms with van der Waals surface area (Å²) < 4.78 is 12.9. The van der Waals surface area contributed by atoms with Gasteiger partial charge in [-0.25, -0.2) is 9.78 Å². The number of hydrogen-bond acceptors (Lipinski definition) is 7. The lowest BCUT2D eigenvalue weighted by molar-refractivity contribution is 0.0280.